The van der Waals surface area contributed by atoms with Crippen molar-refractivity contribution in [2.24, 2.45) is 5.92 Å². The largest absolute Gasteiger partial charge is 0.379 e. The van der Waals surface area contributed by atoms with Gasteiger partial charge in [0.25, 0.3) is 5.91 Å². The van der Waals surface area contributed by atoms with Crippen molar-refractivity contribution in [1.29, 1.82) is 0 Å². The first-order valence-corrected chi connectivity index (χ1v) is 9.60. The van der Waals surface area contributed by atoms with E-state index in [9.17, 15) is 13.2 Å². The summed E-state index contributed by atoms with van der Waals surface area (Å²) in [5, 5.41) is 6.05. The van der Waals surface area contributed by atoms with Crippen LogP contribution in [0.1, 0.15) is 15.9 Å². The van der Waals surface area contributed by atoms with Crippen LogP contribution in [0.15, 0.2) is 23.1 Å². The maximum absolute atomic E-state index is 12.7. The molecule has 0 radical (unpaired) electrons. The summed E-state index contributed by atoms with van der Waals surface area (Å²) in [5.74, 6) is 0.230. The fourth-order valence-corrected chi connectivity index (χ4v) is 4.20. The van der Waals surface area contributed by atoms with Crippen LogP contribution in [-0.4, -0.2) is 64.6 Å². The minimum Gasteiger partial charge on any atom is -0.379 e. The van der Waals surface area contributed by atoms with Gasteiger partial charge in [-0.25, -0.2) is 8.42 Å². The van der Waals surface area contributed by atoms with E-state index in [4.69, 9.17) is 4.74 Å². The second-order valence-corrected chi connectivity index (χ2v) is 8.17. The molecule has 1 aromatic carbocycles. The van der Waals surface area contributed by atoms with Gasteiger partial charge in [0, 0.05) is 44.2 Å². The van der Waals surface area contributed by atoms with Crippen molar-refractivity contribution in [2.45, 2.75) is 11.8 Å². The van der Waals surface area contributed by atoms with Crippen LogP contribution in [0.5, 0.6) is 0 Å². The molecular weight excluding hydrogens is 366 g/mol. The van der Waals surface area contributed by atoms with Gasteiger partial charge >= 0.3 is 0 Å². The Bertz CT molecular complexity index is 716. The Labute approximate surface area is 154 Å². The van der Waals surface area contributed by atoms with Gasteiger partial charge in [0.1, 0.15) is 0 Å². The second-order valence-electron chi connectivity index (χ2n) is 6.23. The lowest BCUT2D eigenvalue weighted by atomic mass is 10.0. The second kappa shape index (κ2) is 8.46. The van der Waals surface area contributed by atoms with Gasteiger partial charge in [-0.3, -0.25) is 4.79 Å². The number of hydrogen-bond donors (Lipinski definition) is 2. The molecular formula is C16H24ClN3O4S. The number of hydrogen-bond acceptors (Lipinski definition) is 5. The van der Waals surface area contributed by atoms with Gasteiger partial charge < -0.3 is 15.4 Å². The van der Waals surface area contributed by atoms with E-state index in [0.717, 1.165) is 18.7 Å². The molecule has 140 valence electrons. The summed E-state index contributed by atoms with van der Waals surface area (Å²) in [6.07, 6.45) is 0. The minimum absolute atomic E-state index is 0. The van der Waals surface area contributed by atoms with E-state index < -0.39 is 10.0 Å². The zero-order chi connectivity index (χ0) is 17.2. The van der Waals surface area contributed by atoms with Crippen molar-refractivity contribution in [1.82, 2.24) is 14.9 Å². The number of nitrogens with one attached hydrogen (secondary N) is 2. The number of sulfonamides is 1. The summed E-state index contributed by atoms with van der Waals surface area (Å²) in [5.41, 5.74) is 1.18. The maximum Gasteiger partial charge on any atom is 0.251 e. The predicted molar refractivity (Wildman–Crippen MR) is 96.7 cm³/mol. The molecule has 25 heavy (non-hydrogen) atoms. The topological polar surface area (TPSA) is 87.7 Å². The van der Waals surface area contributed by atoms with E-state index in [1.807, 2.05) is 6.92 Å². The van der Waals surface area contributed by atoms with Crippen molar-refractivity contribution in [3.63, 3.8) is 0 Å². The number of rotatable bonds is 5. The van der Waals surface area contributed by atoms with Gasteiger partial charge in [0.05, 0.1) is 18.1 Å². The molecule has 2 N–H and O–H groups in total. The van der Waals surface area contributed by atoms with Gasteiger partial charge in [-0.1, -0.05) is 6.07 Å². The summed E-state index contributed by atoms with van der Waals surface area (Å²) < 4.78 is 32.1. The molecule has 2 heterocycles. The number of carbonyl (C=O) groups excluding carboxylic acids is 1. The number of ether oxygens (including phenoxy) is 1. The van der Waals surface area contributed by atoms with E-state index in [2.05, 4.69) is 10.6 Å². The Hall–Kier alpha value is -1.19. The zero-order valence-electron chi connectivity index (χ0n) is 14.2. The lowest BCUT2D eigenvalue weighted by Crippen LogP contribution is -2.48. The van der Waals surface area contributed by atoms with Crippen LogP contribution >= 0.6 is 12.4 Å². The summed E-state index contributed by atoms with van der Waals surface area (Å²) >= 11 is 0. The number of halogens is 1. The van der Waals surface area contributed by atoms with Gasteiger partial charge in [0.2, 0.25) is 10.0 Å². The summed E-state index contributed by atoms with van der Waals surface area (Å²) in [6, 6.07) is 4.73. The molecule has 0 unspecified atom stereocenters. The molecule has 0 aromatic heterocycles. The molecule has 1 amide bonds. The van der Waals surface area contributed by atoms with Crippen molar-refractivity contribution >= 4 is 28.3 Å². The van der Waals surface area contributed by atoms with Crippen LogP contribution in [0, 0.1) is 12.8 Å². The Morgan fingerprint density at radius 3 is 2.60 bits per heavy atom. The van der Waals surface area contributed by atoms with Crippen LogP contribution < -0.4 is 10.6 Å². The summed E-state index contributed by atoms with van der Waals surface area (Å²) in [4.78, 5) is 12.6. The van der Waals surface area contributed by atoms with Crippen LogP contribution in [-0.2, 0) is 14.8 Å². The van der Waals surface area contributed by atoms with E-state index in [1.54, 1.807) is 12.1 Å². The average molecular weight is 390 g/mol. The fraction of sp³-hybridized carbons (Fsp3) is 0.562. The van der Waals surface area contributed by atoms with Crippen molar-refractivity contribution in [2.75, 3.05) is 45.9 Å². The lowest BCUT2D eigenvalue weighted by molar-refractivity contribution is 0.0730. The van der Waals surface area contributed by atoms with Gasteiger partial charge in [-0.05, 0) is 24.6 Å². The Morgan fingerprint density at radius 2 is 2.00 bits per heavy atom. The van der Waals surface area contributed by atoms with Gasteiger partial charge in [-0.15, -0.1) is 12.4 Å². The molecule has 2 fully saturated rings. The molecule has 0 spiro atoms. The first-order chi connectivity index (χ1) is 11.5. The smallest absolute Gasteiger partial charge is 0.251 e. The lowest BCUT2D eigenvalue weighted by Gasteiger charge is -2.27. The van der Waals surface area contributed by atoms with E-state index in [0.29, 0.717) is 44.3 Å². The number of aryl methyl sites for hydroxylation is 1. The van der Waals surface area contributed by atoms with Crippen LogP contribution in [0.25, 0.3) is 0 Å². The van der Waals surface area contributed by atoms with Crippen LogP contribution in [0.3, 0.4) is 0 Å². The monoisotopic (exact) mass is 389 g/mol. The molecule has 0 bridgehead atoms. The number of morpholine rings is 1. The first-order valence-electron chi connectivity index (χ1n) is 8.16. The highest BCUT2D eigenvalue weighted by atomic mass is 35.5. The van der Waals surface area contributed by atoms with Crippen LogP contribution in [0.2, 0.25) is 0 Å². The maximum atomic E-state index is 12.7. The summed E-state index contributed by atoms with van der Waals surface area (Å²) in [6.45, 7) is 5.70. The highest BCUT2D eigenvalue weighted by molar-refractivity contribution is 7.89. The molecule has 9 heteroatoms. The molecule has 7 nitrogen and oxygen atoms in total. The Balaban J connectivity index is 0.00000225. The molecule has 2 aliphatic rings. The van der Waals surface area contributed by atoms with E-state index >= 15 is 0 Å². The quantitative estimate of drug-likeness (QED) is 0.760. The number of carbonyl (C=O) groups is 1. The molecule has 0 atom stereocenters. The highest BCUT2D eigenvalue weighted by Crippen LogP contribution is 2.20. The Morgan fingerprint density at radius 1 is 1.32 bits per heavy atom. The van der Waals surface area contributed by atoms with E-state index in [-0.39, 0.29) is 23.2 Å². The fourth-order valence-electron chi connectivity index (χ4n) is 2.77. The molecule has 1 aromatic rings. The van der Waals surface area contributed by atoms with Crippen LogP contribution in [0.4, 0.5) is 0 Å². The van der Waals surface area contributed by atoms with Crippen molar-refractivity contribution < 1.29 is 17.9 Å². The SMILES string of the molecule is Cc1ccc(S(=O)(=O)N2CCOCC2)cc1C(=O)NCC1CNC1.Cl. The third-order valence-corrected chi connectivity index (χ3v) is 6.37. The third kappa shape index (κ3) is 4.51. The average Bonchev–Trinajstić information content (AvgIpc) is 2.54. The predicted octanol–water partition coefficient (Wildman–Crippen LogP) is 0.387. The Kier molecular flexibility index (Phi) is 6.81. The molecule has 0 saturated carbocycles. The normalized spacial score (nSPS) is 18.9. The number of nitrogens with zero attached hydrogens (tertiary/aromatic N) is 1. The highest BCUT2D eigenvalue weighted by Gasteiger charge is 2.27. The standard InChI is InChI=1S/C16H23N3O4S.ClH/c1-12-2-3-14(24(21,22)19-4-6-23-7-5-19)8-15(12)16(20)18-11-13-9-17-10-13;/h2-3,8,13,17H,4-7,9-11H2,1H3,(H,18,20);1H. The number of benzene rings is 1. The van der Waals surface area contributed by atoms with E-state index in [1.165, 1.54) is 10.4 Å². The zero-order valence-corrected chi connectivity index (χ0v) is 15.8. The van der Waals surface area contributed by atoms with Gasteiger partial charge in [-0.2, -0.15) is 4.31 Å². The molecule has 0 aliphatic carbocycles. The van der Waals surface area contributed by atoms with Gasteiger partial charge in [0.15, 0.2) is 0 Å². The first kappa shape index (κ1) is 20.1. The number of amides is 1. The third-order valence-electron chi connectivity index (χ3n) is 4.48. The van der Waals surface area contributed by atoms with Crippen molar-refractivity contribution in [3.05, 3.63) is 29.3 Å². The van der Waals surface area contributed by atoms with Crippen molar-refractivity contribution in [3.8, 4) is 0 Å². The molecule has 2 saturated heterocycles. The minimum atomic E-state index is -3.60. The summed E-state index contributed by atoms with van der Waals surface area (Å²) in [7, 11) is -3.60. The molecule has 2 aliphatic heterocycles. The molecule has 3 rings (SSSR count).